The molecule has 0 aliphatic heterocycles. The number of rotatable bonds is 2. The van der Waals surface area contributed by atoms with Crippen molar-refractivity contribution in [3.8, 4) is 0 Å². The maximum absolute atomic E-state index is 13.6. The highest BCUT2D eigenvalue weighted by Crippen LogP contribution is 2.34. The second-order valence-electron chi connectivity index (χ2n) is 3.82. The Kier molecular flexibility index (Phi) is 4.43. The first-order valence-corrected chi connectivity index (χ1v) is 6.74. The molecule has 19 heavy (non-hydrogen) atoms. The van der Waals surface area contributed by atoms with E-state index in [0.717, 1.165) is 6.07 Å². The van der Waals surface area contributed by atoms with Crippen LogP contribution in [0.15, 0.2) is 34.8 Å². The van der Waals surface area contributed by atoms with Gasteiger partial charge in [0.1, 0.15) is 5.82 Å². The summed E-state index contributed by atoms with van der Waals surface area (Å²) in [5, 5.41) is -0.470. The molecule has 1 atom stereocenters. The van der Waals surface area contributed by atoms with Crippen molar-refractivity contribution in [1.29, 1.82) is 0 Å². The van der Waals surface area contributed by atoms with Gasteiger partial charge >= 0.3 is 0 Å². The monoisotopic (exact) mass is 368 g/mol. The lowest BCUT2D eigenvalue weighted by Gasteiger charge is -2.12. The minimum absolute atomic E-state index is 0.130. The molecule has 0 amide bonds. The van der Waals surface area contributed by atoms with Gasteiger partial charge in [0.05, 0.1) is 10.4 Å². The third-order valence-corrected chi connectivity index (χ3v) is 4.25. The van der Waals surface area contributed by atoms with Crippen LogP contribution in [0.1, 0.15) is 16.5 Å². The molecule has 1 unspecified atom stereocenters. The average molecular weight is 370 g/mol. The zero-order valence-electron chi connectivity index (χ0n) is 9.23. The molecule has 0 bridgehead atoms. The fourth-order valence-corrected chi connectivity index (χ4v) is 2.40. The molecule has 100 valence electrons. The van der Waals surface area contributed by atoms with Gasteiger partial charge in [0, 0.05) is 16.1 Å². The molecule has 0 N–H and O–H groups in total. The Morgan fingerprint density at radius 2 is 1.58 bits per heavy atom. The molecular formula is C13H6BrCl2F3. The Morgan fingerprint density at radius 3 is 2.21 bits per heavy atom. The highest BCUT2D eigenvalue weighted by atomic mass is 79.9. The van der Waals surface area contributed by atoms with E-state index in [9.17, 15) is 13.2 Å². The van der Waals surface area contributed by atoms with Gasteiger partial charge in [0.25, 0.3) is 0 Å². The van der Waals surface area contributed by atoms with E-state index in [4.69, 9.17) is 23.2 Å². The third-order valence-electron chi connectivity index (χ3n) is 2.55. The molecule has 6 heteroatoms. The Labute approximate surface area is 126 Å². The molecule has 2 aromatic rings. The Morgan fingerprint density at radius 1 is 0.947 bits per heavy atom. The predicted octanol–water partition coefficient (Wildman–Crippen LogP) is 5.85. The summed E-state index contributed by atoms with van der Waals surface area (Å²) >= 11 is 15.1. The number of hydrogen-bond donors (Lipinski definition) is 0. The summed E-state index contributed by atoms with van der Waals surface area (Å²) in [6.45, 7) is 0. The Hall–Kier alpha value is -0.710. The first kappa shape index (κ1) is 14.7. The maximum atomic E-state index is 13.6. The van der Waals surface area contributed by atoms with Crippen molar-refractivity contribution in [2.45, 2.75) is 5.38 Å². The maximum Gasteiger partial charge on any atom is 0.161 e. The van der Waals surface area contributed by atoms with E-state index in [1.807, 2.05) is 0 Å². The van der Waals surface area contributed by atoms with Crippen molar-refractivity contribution in [3.05, 3.63) is 68.4 Å². The van der Waals surface area contributed by atoms with Crippen molar-refractivity contribution >= 4 is 39.1 Å². The van der Waals surface area contributed by atoms with Crippen LogP contribution in [0.5, 0.6) is 0 Å². The van der Waals surface area contributed by atoms with Gasteiger partial charge in [-0.3, -0.25) is 0 Å². The fraction of sp³-hybridized carbons (Fsp3) is 0.0769. The average Bonchev–Trinajstić information content (AvgIpc) is 2.36. The SMILES string of the molecule is Fc1cc(F)c(C(Cl)c2ccc(Cl)c(Br)c2)cc1F. The van der Waals surface area contributed by atoms with E-state index >= 15 is 0 Å². The van der Waals surface area contributed by atoms with E-state index in [0.29, 0.717) is 21.1 Å². The van der Waals surface area contributed by atoms with Gasteiger partial charge in [-0.15, -0.1) is 11.6 Å². The molecular weight excluding hydrogens is 364 g/mol. The summed E-state index contributed by atoms with van der Waals surface area (Å²) in [5.41, 5.74) is 0.387. The highest BCUT2D eigenvalue weighted by Gasteiger charge is 2.19. The zero-order valence-corrected chi connectivity index (χ0v) is 12.3. The molecule has 0 aliphatic carbocycles. The fourth-order valence-electron chi connectivity index (χ4n) is 1.58. The first-order chi connectivity index (χ1) is 8.90. The molecule has 0 spiro atoms. The molecule has 2 aromatic carbocycles. The lowest BCUT2D eigenvalue weighted by molar-refractivity contribution is 0.490. The predicted molar refractivity (Wildman–Crippen MR) is 73.2 cm³/mol. The van der Waals surface area contributed by atoms with Crippen LogP contribution in [0.3, 0.4) is 0 Å². The smallest absolute Gasteiger partial charge is 0.161 e. The number of halogens is 6. The van der Waals surface area contributed by atoms with Gasteiger partial charge in [0.2, 0.25) is 0 Å². The van der Waals surface area contributed by atoms with Crippen LogP contribution in [0.25, 0.3) is 0 Å². The van der Waals surface area contributed by atoms with Crippen LogP contribution in [-0.4, -0.2) is 0 Å². The molecule has 0 nitrogen and oxygen atoms in total. The van der Waals surface area contributed by atoms with E-state index < -0.39 is 22.8 Å². The van der Waals surface area contributed by atoms with Gasteiger partial charge < -0.3 is 0 Å². The Bertz CT molecular complexity index is 632. The second kappa shape index (κ2) is 5.73. The van der Waals surface area contributed by atoms with Crippen LogP contribution in [0.4, 0.5) is 13.2 Å². The molecule has 0 saturated heterocycles. The summed E-state index contributed by atoms with van der Waals surface area (Å²) in [4.78, 5) is 0. The second-order valence-corrected chi connectivity index (χ2v) is 5.52. The molecule has 0 heterocycles. The first-order valence-electron chi connectivity index (χ1n) is 5.13. The van der Waals surface area contributed by atoms with Crippen molar-refractivity contribution < 1.29 is 13.2 Å². The van der Waals surface area contributed by atoms with Crippen LogP contribution in [-0.2, 0) is 0 Å². The topological polar surface area (TPSA) is 0 Å². The minimum atomic E-state index is -1.25. The van der Waals surface area contributed by atoms with Gasteiger partial charge in [-0.1, -0.05) is 17.7 Å². The van der Waals surface area contributed by atoms with E-state index in [1.54, 1.807) is 18.2 Å². The summed E-state index contributed by atoms with van der Waals surface area (Å²) in [7, 11) is 0. The van der Waals surface area contributed by atoms with E-state index in [-0.39, 0.29) is 5.56 Å². The summed E-state index contributed by atoms with van der Waals surface area (Å²) in [6.07, 6.45) is 0. The van der Waals surface area contributed by atoms with E-state index in [1.165, 1.54) is 0 Å². The third kappa shape index (κ3) is 3.07. The lowest BCUT2D eigenvalue weighted by atomic mass is 10.0. The van der Waals surface area contributed by atoms with Crippen molar-refractivity contribution in [2.24, 2.45) is 0 Å². The number of hydrogen-bond acceptors (Lipinski definition) is 0. The normalized spacial score (nSPS) is 12.5. The van der Waals surface area contributed by atoms with Crippen molar-refractivity contribution in [3.63, 3.8) is 0 Å². The molecule has 2 rings (SSSR count). The molecule has 0 aliphatic rings. The van der Waals surface area contributed by atoms with Crippen LogP contribution in [0, 0.1) is 17.5 Å². The number of benzene rings is 2. The zero-order chi connectivity index (χ0) is 14.2. The standard InChI is InChI=1S/C13H6BrCl2F3/c14-8-3-6(1-2-9(8)15)13(16)7-4-11(18)12(19)5-10(7)17/h1-5,13H. The molecule has 0 radical (unpaired) electrons. The summed E-state index contributed by atoms with van der Waals surface area (Å²) in [6, 6.07) is 6.00. The molecule has 0 saturated carbocycles. The van der Waals surface area contributed by atoms with Crippen LogP contribution in [0.2, 0.25) is 5.02 Å². The summed E-state index contributed by atoms with van der Waals surface area (Å²) in [5.74, 6) is -3.29. The van der Waals surface area contributed by atoms with E-state index in [2.05, 4.69) is 15.9 Å². The summed E-state index contributed by atoms with van der Waals surface area (Å²) < 4.78 is 40.2. The van der Waals surface area contributed by atoms with Gasteiger partial charge in [-0.25, -0.2) is 13.2 Å². The van der Waals surface area contributed by atoms with Crippen LogP contribution >= 0.6 is 39.1 Å². The largest absolute Gasteiger partial charge is 0.207 e. The molecule has 0 aromatic heterocycles. The highest BCUT2D eigenvalue weighted by molar-refractivity contribution is 9.10. The lowest BCUT2D eigenvalue weighted by Crippen LogP contribution is -2.00. The molecule has 0 fully saturated rings. The van der Waals surface area contributed by atoms with Gasteiger partial charge in [-0.05, 0) is 39.7 Å². The number of alkyl halides is 1. The van der Waals surface area contributed by atoms with Gasteiger partial charge in [0.15, 0.2) is 11.6 Å². The van der Waals surface area contributed by atoms with Crippen molar-refractivity contribution in [2.75, 3.05) is 0 Å². The van der Waals surface area contributed by atoms with Crippen molar-refractivity contribution in [1.82, 2.24) is 0 Å². The Balaban J connectivity index is 2.46. The van der Waals surface area contributed by atoms with Gasteiger partial charge in [-0.2, -0.15) is 0 Å². The minimum Gasteiger partial charge on any atom is -0.207 e. The van der Waals surface area contributed by atoms with Crippen LogP contribution < -0.4 is 0 Å². The quantitative estimate of drug-likeness (QED) is 0.460.